The molecule has 1 aromatic rings. The molecular formula is C20H29N3O2. The summed E-state index contributed by atoms with van der Waals surface area (Å²) in [6.07, 6.45) is 7.03. The lowest BCUT2D eigenvalue weighted by Crippen LogP contribution is -2.52. The van der Waals surface area contributed by atoms with Crippen molar-refractivity contribution in [2.75, 3.05) is 5.32 Å². The Labute approximate surface area is 149 Å². The molecule has 0 radical (unpaired) electrons. The molecule has 2 aliphatic rings. The van der Waals surface area contributed by atoms with E-state index in [0.29, 0.717) is 6.54 Å². The van der Waals surface area contributed by atoms with Gasteiger partial charge in [-0.1, -0.05) is 31.4 Å². The minimum absolute atomic E-state index is 0.0357. The van der Waals surface area contributed by atoms with E-state index in [0.717, 1.165) is 56.2 Å². The minimum Gasteiger partial charge on any atom is -0.352 e. The van der Waals surface area contributed by atoms with E-state index < -0.39 is 5.54 Å². The van der Waals surface area contributed by atoms with Crippen LogP contribution in [0.4, 0.5) is 5.69 Å². The third kappa shape index (κ3) is 4.40. The van der Waals surface area contributed by atoms with Crippen LogP contribution in [-0.4, -0.2) is 17.4 Å². The van der Waals surface area contributed by atoms with E-state index >= 15 is 0 Å². The number of benzene rings is 1. The number of nitrogens with one attached hydrogen (secondary N) is 2. The van der Waals surface area contributed by atoms with Gasteiger partial charge in [-0.3, -0.25) is 9.59 Å². The second-order valence-corrected chi connectivity index (χ2v) is 7.84. The Morgan fingerprint density at radius 2 is 1.96 bits per heavy atom. The Morgan fingerprint density at radius 1 is 1.16 bits per heavy atom. The first-order valence-electron chi connectivity index (χ1n) is 9.42. The summed E-state index contributed by atoms with van der Waals surface area (Å²) in [4.78, 5) is 24.6. The molecule has 1 aromatic carbocycles. The van der Waals surface area contributed by atoms with Gasteiger partial charge in [-0.2, -0.15) is 0 Å². The highest BCUT2D eigenvalue weighted by molar-refractivity contribution is 5.93. The Kier molecular flexibility index (Phi) is 5.42. The van der Waals surface area contributed by atoms with Crippen molar-refractivity contribution in [1.82, 2.24) is 5.32 Å². The average Bonchev–Trinajstić information content (AvgIpc) is 2.51. The van der Waals surface area contributed by atoms with Crippen molar-refractivity contribution >= 4 is 17.5 Å². The van der Waals surface area contributed by atoms with Crippen molar-refractivity contribution < 1.29 is 9.59 Å². The van der Waals surface area contributed by atoms with Crippen LogP contribution in [0.1, 0.15) is 57.4 Å². The first-order valence-corrected chi connectivity index (χ1v) is 9.42. The van der Waals surface area contributed by atoms with Gasteiger partial charge in [0.2, 0.25) is 11.8 Å². The summed E-state index contributed by atoms with van der Waals surface area (Å²) in [5.74, 6) is 0.182. The minimum atomic E-state index is -0.416. The molecule has 2 amide bonds. The van der Waals surface area contributed by atoms with E-state index in [1.165, 1.54) is 0 Å². The molecule has 0 saturated heterocycles. The maximum absolute atomic E-state index is 12.5. The zero-order valence-electron chi connectivity index (χ0n) is 15.0. The molecule has 2 aliphatic carbocycles. The van der Waals surface area contributed by atoms with Crippen LogP contribution in [0, 0.1) is 11.8 Å². The summed E-state index contributed by atoms with van der Waals surface area (Å²) >= 11 is 0. The Bertz CT molecular complexity index is 638. The summed E-state index contributed by atoms with van der Waals surface area (Å²) in [5, 5.41) is 6.00. The lowest BCUT2D eigenvalue weighted by Gasteiger charge is -2.37. The maximum atomic E-state index is 12.5. The fraction of sp³-hybridized carbons (Fsp3) is 0.600. The number of amides is 2. The number of hydrogen-bond donors (Lipinski definition) is 3. The van der Waals surface area contributed by atoms with Crippen molar-refractivity contribution in [3.8, 4) is 0 Å². The molecule has 3 rings (SSSR count). The average molecular weight is 343 g/mol. The third-order valence-electron chi connectivity index (χ3n) is 5.71. The highest BCUT2D eigenvalue weighted by Gasteiger charge is 2.37. The molecule has 2 atom stereocenters. The van der Waals surface area contributed by atoms with E-state index in [4.69, 9.17) is 5.73 Å². The molecular weight excluding hydrogens is 314 g/mol. The smallest absolute Gasteiger partial charge is 0.227 e. The fourth-order valence-electron chi connectivity index (χ4n) is 3.78. The highest BCUT2D eigenvalue weighted by atomic mass is 16.2. The van der Waals surface area contributed by atoms with Gasteiger partial charge in [0.25, 0.3) is 0 Å². The zero-order chi connectivity index (χ0) is 17.9. The molecule has 0 aliphatic heterocycles. The molecule has 0 spiro atoms. The van der Waals surface area contributed by atoms with Gasteiger partial charge >= 0.3 is 0 Å². The van der Waals surface area contributed by atoms with Crippen LogP contribution in [0.5, 0.6) is 0 Å². The van der Waals surface area contributed by atoms with Gasteiger partial charge < -0.3 is 16.4 Å². The van der Waals surface area contributed by atoms with E-state index in [2.05, 4.69) is 10.6 Å². The number of carbonyl (C=O) groups excluding carboxylic acids is 2. The summed E-state index contributed by atoms with van der Waals surface area (Å²) < 4.78 is 0. The van der Waals surface area contributed by atoms with Crippen LogP contribution in [0.3, 0.4) is 0 Å². The van der Waals surface area contributed by atoms with Crippen LogP contribution in [0.2, 0.25) is 0 Å². The van der Waals surface area contributed by atoms with E-state index in [-0.39, 0.29) is 23.7 Å². The third-order valence-corrected chi connectivity index (χ3v) is 5.71. The van der Waals surface area contributed by atoms with Crippen LogP contribution in [0.25, 0.3) is 0 Å². The van der Waals surface area contributed by atoms with Gasteiger partial charge in [0, 0.05) is 23.7 Å². The number of carbonyl (C=O) groups is 2. The van der Waals surface area contributed by atoms with E-state index in [1.807, 2.05) is 31.2 Å². The van der Waals surface area contributed by atoms with E-state index in [9.17, 15) is 9.59 Å². The molecule has 4 N–H and O–H groups in total. The Balaban J connectivity index is 1.55. The monoisotopic (exact) mass is 343 g/mol. The van der Waals surface area contributed by atoms with Crippen LogP contribution in [0.15, 0.2) is 24.3 Å². The Morgan fingerprint density at radius 3 is 2.64 bits per heavy atom. The number of nitrogens with two attached hydrogens (primary N) is 1. The van der Waals surface area contributed by atoms with Crippen molar-refractivity contribution in [1.29, 1.82) is 0 Å². The lowest BCUT2D eigenvalue weighted by atomic mass is 9.74. The second kappa shape index (κ2) is 7.56. The molecule has 5 nitrogen and oxygen atoms in total. The second-order valence-electron chi connectivity index (χ2n) is 7.84. The maximum Gasteiger partial charge on any atom is 0.227 e. The normalized spacial score (nSPS) is 26.6. The fourth-order valence-corrected chi connectivity index (χ4v) is 3.78. The van der Waals surface area contributed by atoms with E-state index in [1.54, 1.807) is 0 Å². The summed E-state index contributed by atoms with van der Waals surface area (Å²) in [7, 11) is 0. The SMILES string of the molecule is CC1(N)CCCCC1C(=O)NCc1cccc(NC(=O)C2CCC2)c1. The molecule has 2 unspecified atom stereocenters. The summed E-state index contributed by atoms with van der Waals surface area (Å²) in [6, 6.07) is 7.69. The van der Waals surface area contributed by atoms with Gasteiger partial charge in [0.05, 0.1) is 5.92 Å². The molecule has 25 heavy (non-hydrogen) atoms. The number of anilines is 1. The molecule has 0 aromatic heterocycles. The molecule has 5 heteroatoms. The standard InChI is InChI=1S/C20H29N3O2/c1-20(21)11-3-2-10-17(20)19(25)22-13-14-6-4-9-16(12-14)23-18(24)15-7-5-8-15/h4,6,9,12,15,17H,2-3,5,7-8,10-11,13,21H2,1H3,(H,22,25)(H,23,24). The van der Waals surface area contributed by atoms with Gasteiger partial charge in [-0.05, 0) is 50.3 Å². The molecule has 0 bridgehead atoms. The Hall–Kier alpha value is -1.88. The predicted molar refractivity (Wildman–Crippen MR) is 98.8 cm³/mol. The van der Waals surface area contributed by atoms with Crippen LogP contribution < -0.4 is 16.4 Å². The zero-order valence-corrected chi connectivity index (χ0v) is 15.0. The molecule has 2 saturated carbocycles. The highest BCUT2D eigenvalue weighted by Crippen LogP contribution is 2.31. The largest absolute Gasteiger partial charge is 0.352 e. The van der Waals surface area contributed by atoms with Crippen molar-refractivity contribution in [3.05, 3.63) is 29.8 Å². The van der Waals surface area contributed by atoms with Gasteiger partial charge in [-0.25, -0.2) is 0 Å². The van der Waals surface area contributed by atoms with Crippen LogP contribution in [-0.2, 0) is 16.1 Å². The first-order chi connectivity index (χ1) is 12.0. The lowest BCUT2D eigenvalue weighted by molar-refractivity contribution is -0.128. The van der Waals surface area contributed by atoms with Gasteiger partial charge in [0.15, 0.2) is 0 Å². The van der Waals surface area contributed by atoms with Gasteiger partial charge in [0.1, 0.15) is 0 Å². The summed E-state index contributed by atoms with van der Waals surface area (Å²) in [6.45, 7) is 2.44. The first kappa shape index (κ1) is 17.9. The molecule has 2 fully saturated rings. The van der Waals surface area contributed by atoms with Crippen molar-refractivity contribution in [2.24, 2.45) is 17.6 Å². The topological polar surface area (TPSA) is 84.2 Å². The van der Waals surface area contributed by atoms with Crippen LogP contribution >= 0.6 is 0 Å². The number of hydrogen-bond acceptors (Lipinski definition) is 3. The predicted octanol–water partition coefficient (Wildman–Crippen LogP) is 2.95. The quantitative estimate of drug-likeness (QED) is 0.768. The van der Waals surface area contributed by atoms with Gasteiger partial charge in [-0.15, -0.1) is 0 Å². The number of rotatable bonds is 5. The van der Waals surface area contributed by atoms with Crippen molar-refractivity contribution in [2.45, 2.75) is 64.0 Å². The summed E-state index contributed by atoms with van der Waals surface area (Å²) in [5.41, 5.74) is 7.67. The molecule has 0 heterocycles. The molecule has 136 valence electrons. The van der Waals surface area contributed by atoms with Crippen molar-refractivity contribution in [3.63, 3.8) is 0 Å².